The van der Waals surface area contributed by atoms with Gasteiger partial charge in [-0.15, -0.1) is 11.3 Å². The first kappa shape index (κ1) is 17.0. The second-order valence-corrected chi connectivity index (χ2v) is 8.00. The largest absolute Gasteiger partial charge is 0.465 e. The van der Waals surface area contributed by atoms with E-state index in [2.05, 4.69) is 10.3 Å². The summed E-state index contributed by atoms with van der Waals surface area (Å²) in [7, 11) is -2.59. The highest BCUT2D eigenvalue weighted by Crippen LogP contribution is 2.32. The lowest BCUT2D eigenvalue weighted by molar-refractivity contribution is 0.0602. The molecule has 3 rings (SSSR count). The maximum atomic E-state index is 13.1. The van der Waals surface area contributed by atoms with Crippen LogP contribution in [0.4, 0.5) is 0 Å². The number of aromatic nitrogens is 1. The Morgan fingerprint density at radius 3 is 3.00 bits per heavy atom. The molecule has 2 aromatic rings. The van der Waals surface area contributed by atoms with Crippen molar-refractivity contribution in [3.05, 3.63) is 46.4 Å². The van der Waals surface area contributed by atoms with E-state index < -0.39 is 16.0 Å². The summed E-state index contributed by atoms with van der Waals surface area (Å²) in [5.41, 5.74) is 0.808. The van der Waals surface area contributed by atoms with E-state index in [0.717, 1.165) is 16.9 Å². The number of thiophene rings is 1. The number of carbonyl (C=O) groups excluding carboxylic acids is 1. The molecule has 0 aromatic carbocycles. The maximum absolute atomic E-state index is 13.1. The van der Waals surface area contributed by atoms with Crippen LogP contribution in [0.3, 0.4) is 0 Å². The number of carbonyl (C=O) groups is 1. The van der Waals surface area contributed by atoms with Crippen molar-refractivity contribution in [2.75, 3.05) is 26.7 Å². The first-order chi connectivity index (χ1) is 11.6. The molecule has 1 fully saturated rings. The molecule has 0 spiro atoms. The third-order valence-electron chi connectivity index (χ3n) is 3.85. The Hall–Kier alpha value is -1.81. The third-order valence-corrected chi connectivity index (χ3v) is 6.82. The number of hydrogen-bond acceptors (Lipinski definition) is 7. The topological polar surface area (TPSA) is 88.6 Å². The summed E-state index contributed by atoms with van der Waals surface area (Å²) in [6, 6.07) is 4.71. The number of rotatable bonds is 4. The minimum Gasteiger partial charge on any atom is -0.465 e. The lowest BCUT2D eigenvalue weighted by atomic mass is 10.1. The van der Waals surface area contributed by atoms with Gasteiger partial charge >= 0.3 is 5.97 Å². The van der Waals surface area contributed by atoms with Gasteiger partial charge in [0.1, 0.15) is 9.77 Å². The average molecular weight is 367 g/mol. The number of methoxy groups -OCH3 is 1. The molecule has 1 atom stereocenters. The standard InChI is InChI=1S/C15H17N3O4S2/c1-22-15(19)14-13(4-8-23-14)24(20,21)18-7-6-17-10-12(18)11-3-2-5-16-9-11/h2-5,8-9,12,17H,6-7,10H2,1H3. The second kappa shape index (κ2) is 6.98. The van der Waals surface area contributed by atoms with Crippen molar-refractivity contribution in [1.82, 2.24) is 14.6 Å². The molecule has 1 saturated heterocycles. The van der Waals surface area contributed by atoms with E-state index in [9.17, 15) is 13.2 Å². The molecule has 1 aliphatic heterocycles. The van der Waals surface area contributed by atoms with Gasteiger partial charge in [0.2, 0.25) is 10.0 Å². The summed E-state index contributed by atoms with van der Waals surface area (Å²) in [5.74, 6) is -0.642. The van der Waals surface area contributed by atoms with Gasteiger partial charge in [0.15, 0.2) is 0 Å². The van der Waals surface area contributed by atoms with Gasteiger partial charge in [0.25, 0.3) is 0 Å². The van der Waals surface area contributed by atoms with Gasteiger partial charge in [-0.25, -0.2) is 13.2 Å². The van der Waals surface area contributed by atoms with Gasteiger partial charge in [0.05, 0.1) is 13.2 Å². The van der Waals surface area contributed by atoms with Crippen molar-refractivity contribution < 1.29 is 17.9 Å². The van der Waals surface area contributed by atoms with E-state index in [1.165, 1.54) is 17.5 Å². The lowest BCUT2D eigenvalue weighted by Gasteiger charge is -2.35. The highest BCUT2D eigenvalue weighted by molar-refractivity contribution is 7.89. The van der Waals surface area contributed by atoms with E-state index in [0.29, 0.717) is 19.6 Å². The Kier molecular flexibility index (Phi) is 4.95. The van der Waals surface area contributed by atoms with Gasteiger partial charge in [-0.1, -0.05) is 6.07 Å². The zero-order valence-corrected chi connectivity index (χ0v) is 14.6. The molecular weight excluding hydrogens is 350 g/mol. The van der Waals surface area contributed by atoms with Crippen LogP contribution in [-0.2, 0) is 14.8 Å². The molecule has 7 nitrogen and oxygen atoms in total. The van der Waals surface area contributed by atoms with Crippen LogP contribution in [0.15, 0.2) is 40.9 Å². The smallest absolute Gasteiger partial charge is 0.349 e. The molecule has 0 saturated carbocycles. The molecule has 9 heteroatoms. The Labute approximate surface area is 144 Å². The Morgan fingerprint density at radius 2 is 2.29 bits per heavy atom. The second-order valence-electron chi connectivity index (χ2n) is 5.23. The molecule has 1 N–H and O–H groups in total. The summed E-state index contributed by atoms with van der Waals surface area (Å²) in [5, 5.41) is 4.79. The van der Waals surface area contributed by atoms with Gasteiger partial charge in [0, 0.05) is 32.0 Å². The molecule has 0 bridgehead atoms. The highest BCUT2D eigenvalue weighted by atomic mass is 32.2. The van der Waals surface area contributed by atoms with Crippen molar-refractivity contribution in [2.24, 2.45) is 0 Å². The van der Waals surface area contributed by atoms with Crippen LogP contribution in [-0.4, -0.2) is 50.4 Å². The Bertz CT molecular complexity index is 820. The van der Waals surface area contributed by atoms with Crippen LogP contribution in [0.25, 0.3) is 0 Å². The number of ether oxygens (including phenoxy) is 1. The monoisotopic (exact) mass is 367 g/mol. The molecule has 1 aliphatic rings. The molecule has 2 aromatic heterocycles. The van der Waals surface area contributed by atoms with Crippen molar-refractivity contribution >= 4 is 27.3 Å². The highest BCUT2D eigenvalue weighted by Gasteiger charge is 2.37. The van der Waals surface area contributed by atoms with Crippen LogP contribution in [0, 0.1) is 0 Å². The zero-order chi connectivity index (χ0) is 17.2. The van der Waals surface area contributed by atoms with E-state index in [1.807, 2.05) is 6.07 Å². The molecular formula is C15H17N3O4S2. The van der Waals surface area contributed by atoms with Crippen molar-refractivity contribution in [1.29, 1.82) is 0 Å². The number of piperazine rings is 1. The van der Waals surface area contributed by atoms with Crippen molar-refractivity contribution in [3.63, 3.8) is 0 Å². The van der Waals surface area contributed by atoms with Crippen LogP contribution < -0.4 is 5.32 Å². The van der Waals surface area contributed by atoms with Gasteiger partial charge in [-0.05, 0) is 23.1 Å². The molecule has 1 unspecified atom stereocenters. The minimum atomic E-state index is -3.83. The van der Waals surface area contributed by atoms with Gasteiger partial charge in [-0.3, -0.25) is 4.98 Å². The van der Waals surface area contributed by atoms with Gasteiger partial charge < -0.3 is 10.1 Å². The molecule has 128 valence electrons. The van der Waals surface area contributed by atoms with Crippen molar-refractivity contribution in [3.8, 4) is 0 Å². The first-order valence-corrected chi connectivity index (χ1v) is 9.66. The minimum absolute atomic E-state index is 0.00450. The van der Waals surface area contributed by atoms with E-state index >= 15 is 0 Å². The summed E-state index contributed by atoms with van der Waals surface area (Å²) >= 11 is 1.06. The predicted molar refractivity (Wildman–Crippen MR) is 89.4 cm³/mol. The Balaban J connectivity index is 2.01. The van der Waals surface area contributed by atoms with E-state index in [1.54, 1.807) is 23.8 Å². The van der Waals surface area contributed by atoms with Crippen LogP contribution >= 0.6 is 11.3 Å². The van der Waals surface area contributed by atoms with Gasteiger partial charge in [-0.2, -0.15) is 4.31 Å². The van der Waals surface area contributed by atoms with Crippen LogP contribution in [0.2, 0.25) is 0 Å². The van der Waals surface area contributed by atoms with E-state index in [4.69, 9.17) is 4.74 Å². The number of esters is 1. The lowest BCUT2D eigenvalue weighted by Crippen LogP contribution is -2.48. The molecule has 0 amide bonds. The maximum Gasteiger partial charge on any atom is 0.349 e. The van der Waals surface area contributed by atoms with Crippen molar-refractivity contribution in [2.45, 2.75) is 10.9 Å². The molecule has 24 heavy (non-hydrogen) atoms. The normalized spacial score (nSPS) is 19.1. The fraction of sp³-hybridized carbons (Fsp3) is 0.333. The SMILES string of the molecule is COC(=O)c1sccc1S(=O)(=O)N1CCNCC1c1cccnc1. The summed E-state index contributed by atoms with van der Waals surface area (Å²) in [6.45, 7) is 1.36. The Morgan fingerprint density at radius 1 is 1.46 bits per heavy atom. The quantitative estimate of drug-likeness (QED) is 0.819. The van der Waals surface area contributed by atoms with E-state index in [-0.39, 0.29) is 15.8 Å². The number of sulfonamides is 1. The zero-order valence-electron chi connectivity index (χ0n) is 13.0. The van der Waals surface area contributed by atoms with Crippen LogP contribution in [0.5, 0.6) is 0 Å². The fourth-order valence-corrected chi connectivity index (χ4v) is 5.62. The number of nitrogens with one attached hydrogen (secondary N) is 1. The number of pyridine rings is 1. The molecule has 0 radical (unpaired) electrons. The fourth-order valence-electron chi connectivity index (χ4n) is 2.70. The molecule has 3 heterocycles. The number of hydrogen-bond donors (Lipinski definition) is 1. The summed E-state index contributed by atoms with van der Waals surface area (Å²) < 4.78 is 32.4. The summed E-state index contributed by atoms with van der Waals surface area (Å²) in [4.78, 5) is 16.0. The first-order valence-electron chi connectivity index (χ1n) is 7.34. The average Bonchev–Trinajstić information content (AvgIpc) is 3.12. The number of nitrogens with zero attached hydrogens (tertiary/aromatic N) is 2. The third kappa shape index (κ3) is 3.07. The summed E-state index contributed by atoms with van der Waals surface area (Å²) in [6.07, 6.45) is 3.31. The van der Waals surface area contributed by atoms with Crippen LogP contribution in [0.1, 0.15) is 21.3 Å². The predicted octanol–water partition coefficient (Wildman–Crippen LogP) is 1.26. The molecule has 0 aliphatic carbocycles.